The van der Waals surface area contributed by atoms with Gasteiger partial charge in [0, 0.05) is 40.4 Å². The largest absolute Gasteiger partial charge is 0.394 e. The number of halogens is 2. The van der Waals surface area contributed by atoms with Gasteiger partial charge in [-0.25, -0.2) is 8.42 Å². The highest BCUT2D eigenvalue weighted by Crippen LogP contribution is 2.39. The van der Waals surface area contributed by atoms with Gasteiger partial charge < -0.3 is 10.8 Å². The predicted octanol–water partition coefficient (Wildman–Crippen LogP) is 6.18. The lowest BCUT2D eigenvalue weighted by molar-refractivity contribution is 0.0997. The summed E-state index contributed by atoms with van der Waals surface area (Å²) in [7, 11) is -3.92. The molecule has 0 spiro atoms. The summed E-state index contributed by atoms with van der Waals surface area (Å²) in [6, 6.07) is 27.9. The fraction of sp³-hybridized carbons (Fsp3) is 0.235. The number of fused-ring (bicyclic) bond motifs is 1. The Hall–Kier alpha value is -3.73. The van der Waals surface area contributed by atoms with Crippen LogP contribution in [0, 0.1) is 0 Å². The molecule has 3 N–H and O–H groups in total. The standard InChI is InChI=1S/C34H32Cl2N4O4S/c35-26-10-5-22(6-11-26)32(23-7-12-27(36)13-8-23)25-9-14-30-29(21-25)33(38-40(30)19-20-41)24-15-17-39(18-16-24)45(43,44)31-4-2-1-3-28(31)34(37)42/h1-14,21,24,32,41H,15-20H2,(H2,37,42). The van der Waals surface area contributed by atoms with Crippen LogP contribution < -0.4 is 5.73 Å². The quantitative estimate of drug-likeness (QED) is 0.183. The molecule has 45 heavy (non-hydrogen) atoms. The molecule has 5 aromatic rings. The van der Waals surface area contributed by atoms with Gasteiger partial charge in [0.25, 0.3) is 0 Å². The first-order valence-electron chi connectivity index (χ1n) is 14.7. The van der Waals surface area contributed by atoms with Gasteiger partial charge in [0.15, 0.2) is 0 Å². The first kappa shape index (κ1) is 31.3. The Morgan fingerprint density at radius 1 is 0.889 bits per heavy atom. The molecule has 0 bridgehead atoms. The SMILES string of the molecule is NC(=O)c1ccccc1S(=O)(=O)N1CCC(c2nn(CCO)c3ccc(C(c4ccc(Cl)cc4)c4ccc(Cl)cc4)cc23)CC1. The summed E-state index contributed by atoms with van der Waals surface area (Å²) >= 11 is 12.5. The lowest BCUT2D eigenvalue weighted by atomic mass is 9.84. The third-order valence-electron chi connectivity index (χ3n) is 8.47. The van der Waals surface area contributed by atoms with Crippen molar-refractivity contribution in [1.29, 1.82) is 0 Å². The molecule has 0 aliphatic carbocycles. The fourth-order valence-electron chi connectivity index (χ4n) is 6.26. The zero-order valence-corrected chi connectivity index (χ0v) is 26.6. The summed E-state index contributed by atoms with van der Waals surface area (Å²) in [5.41, 5.74) is 10.4. The smallest absolute Gasteiger partial charge is 0.250 e. The van der Waals surface area contributed by atoms with Crippen molar-refractivity contribution in [2.75, 3.05) is 19.7 Å². The van der Waals surface area contributed by atoms with Gasteiger partial charge in [0.05, 0.1) is 34.8 Å². The molecule has 1 saturated heterocycles. The van der Waals surface area contributed by atoms with Gasteiger partial charge in [0.1, 0.15) is 0 Å². The minimum absolute atomic E-state index is 0.00922. The maximum atomic E-state index is 13.5. The molecule has 0 atom stereocenters. The Labute approximate surface area is 272 Å². The van der Waals surface area contributed by atoms with Crippen molar-refractivity contribution in [3.63, 3.8) is 0 Å². The molecule has 1 aliphatic rings. The Morgan fingerprint density at radius 3 is 2.04 bits per heavy atom. The van der Waals surface area contributed by atoms with Gasteiger partial charge >= 0.3 is 0 Å². The van der Waals surface area contributed by atoms with E-state index in [1.165, 1.54) is 16.4 Å². The topological polar surface area (TPSA) is 119 Å². The molecular formula is C34H32Cl2N4O4S. The molecule has 232 valence electrons. The van der Waals surface area contributed by atoms with Crippen LogP contribution in [0.25, 0.3) is 10.9 Å². The highest BCUT2D eigenvalue weighted by molar-refractivity contribution is 7.89. The van der Waals surface area contributed by atoms with Crippen LogP contribution in [0.15, 0.2) is 95.9 Å². The van der Waals surface area contributed by atoms with Gasteiger partial charge in [-0.15, -0.1) is 0 Å². The van der Waals surface area contributed by atoms with Crippen molar-refractivity contribution in [1.82, 2.24) is 14.1 Å². The summed E-state index contributed by atoms with van der Waals surface area (Å²) in [4.78, 5) is 11.9. The second-order valence-corrected chi connectivity index (χ2v) is 14.0. The molecule has 11 heteroatoms. The van der Waals surface area contributed by atoms with Crippen molar-refractivity contribution in [3.8, 4) is 0 Å². The van der Waals surface area contributed by atoms with Crippen LogP contribution in [0.4, 0.5) is 0 Å². The molecule has 6 rings (SSSR count). The summed E-state index contributed by atoms with van der Waals surface area (Å²) in [6.45, 7) is 0.815. The summed E-state index contributed by atoms with van der Waals surface area (Å²) in [5.74, 6) is -0.892. The number of piperidine rings is 1. The molecule has 2 heterocycles. The van der Waals surface area contributed by atoms with Gasteiger partial charge in [-0.2, -0.15) is 9.40 Å². The number of nitrogens with two attached hydrogens (primary N) is 1. The number of rotatable bonds is 9. The highest BCUT2D eigenvalue weighted by Gasteiger charge is 2.34. The molecule has 1 fully saturated rings. The minimum atomic E-state index is -3.92. The number of aromatic nitrogens is 2. The number of aliphatic hydroxyl groups is 1. The van der Waals surface area contributed by atoms with Crippen LogP contribution in [0.3, 0.4) is 0 Å². The molecule has 4 aromatic carbocycles. The molecule has 0 saturated carbocycles. The van der Waals surface area contributed by atoms with Gasteiger partial charge in [-0.05, 0) is 78.1 Å². The van der Waals surface area contributed by atoms with E-state index in [1.54, 1.807) is 12.1 Å². The van der Waals surface area contributed by atoms with Crippen molar-refractivity contribution >= 4 is 50.0 Å². The fourth-order valence-corrected chi connectivity index (χ4v) is 8.18. The van der Waals surface area contributed by atoms with E-state index in [4.69, 9.17) is 34.0 Å². The Morgan fingerprint density at radius 2 is 1.47 bits per heavy atom. The maximum Gasteiger partial charge on any atom is 0.250 e. The molecular weight excluding hydrogens is 631 g/mol. The van der Waals surface area contributed by atoms with Gasteiger partial charge in [0.2, 0.25) is 15.9 Å². The number of benzene rings is 4. The van der Waals surface area contributed by atoms with Crippen molar-refractivity contribution in [3.05, 3.63) is 129 Å². The number of nitrogens with zero attached hydrogens (tertiary/aromatic N) is 3. The van der Waals surface area contributed by atoms with E-state index in [0.29, 0.717) is 29.4 Å². The van der Waals surface area contributed by atoms with E-state index in [2.05, 4.69) is 12.1 Å². The average Bonchev–Trinajstić information content (AvgIpc) is 3.41. The summed E-state index contributed by atoms with van der Waals surface area (Å²) < 4.78 is 30.3. The van der Waals surface area contributed by atoms with Crippen LogP contribution >= 0.6 is 23.2 Å². The second-order valence-electron chi connectivity index (χ2n) is 11.2. The number of amides is 1. The van der Waals surface area contributed by atoms with E-state index in [0.717, 1.165) is 33.3 Å². The number of primary amides is 1. The Balaban J connectivity index is 1.36. The van der Waals surface area contributed by atoms with E-state index in [9.17, 15) is 18.3 Å². The second kappa shape index (κ2) is 12.9. The number of carbonyl (C=O) groups excluding carboxylic acids is 1. The third kappa shape index (κ3) is 6.23. The number of aliphatic hydroxyl groups excluding tert-OH is 1. The summed E-state index contributed by atoms with van der Waals surface area (Å²) in [5, 5.41) is 17.0. The van der Waals surface area contributed by atoms with Crippen molar-refractivity contribution < 1.29 is 18.3 Å². The van der Waals surface area contributed by atoms with E-state index in [1.807, 2.05) is 59.3 Å². The zero-order valence-electron chi connectivity index (χ0n) is 24.3. The third-order valence-corrected chi connectivity index (χ3v) is 10.9. The van der Waals surface area contributed by atoms with Crippen LogP contribution in [0.5, 0.6) is 0 Å². The first-order chi connectivity index (χ1) is 21.7. The minimum Gasteiger partial charge on any atom is -0.394 e. The normalized spacial score (nSPS) is 14.8. The predicted molar refractivity (Wildman–Crippen MR) is 176 cm³/mol. The van der Waals surface area contributed by atoms with Gasteiger partial charge in [-0.1, -0.05) is 65.7 Å². The monoisotopic (exact) mass is 662 g/mol. The average molecular weight is 664 g/mol. The molecule has 0 unspecified atom stereocenters. The lowest BCUT2D eigenvalue weighted by Crippen LogP contribution is -2.38. The highest BCUT2D eigenvalue weighted by atomic mass is 35.5. The molecule has 1 amide bonds. The maximum absolute atomic E-state index is 13.5. The Bertz CT molecular complexity index is 1910. The Kier molecular flexibility index (Phi) is 8.99. The lowest BCUT2D eigenvalue weighted by Gasteiger charge is -2.31. The molecule has 1 aliphatic heterocycles. The van der Waals surface area contributed by atoms with Crippen LogP contribution in [0.2, 0.25) is 10.0 Å². The van der Waals surface area contributed by atoms with Crippen LogP contribution in [-0.2, 0) is 16.6 Å². The molecule has 8 nitrogen and oxygen atoms in total. The number of hydrogen-bond acceptors (Lipinski definition) is 5. The first-order valence-corrected chi connectivity index (χ1v) is 16.9. The van der Waals surface area contributed by atoms with Crippen molar-refractivity contribution in [2.24, 2.45) is 5.73 Å². The van der Waals surface area contributed by atoms with Crippen LogP contribution in [0.1, 0.15) is 57.4 Å². The van der Waals surface area contributed by atoms with Crippen LogP contribution in [-0.4, -0.2) is 53.2 Å². The summed E-state index contributed by atoms with van der Waals surface area (Å²) in [6.07, 6.45) is 1.09. The van der Waals surface area contributed by atoms with Gasteiger partial charge in [-0.3, -0.25) is 9.48 Å². The molecule has 1 aromatic heterocycles. The van der Waals surface area contributed by atoms with E-state index in [-0.39, 0.29) is 42.0 Å². The number of carbonyl (C=O) groups is 1. The van der Waals surface area contributed by atoms with E-state index < -0.39 is 15.9 Å². The molecule has 0 radical (unpaired) electrons. The zero-order chi connectivity index (χ0) is 31.7. The number of hydrogen-bond donors (Lipinski definition) is 2. The van der Waals surface area contributed by atoms with Crippen molar-refractivity contribution in [2.45, 2.75) is 36.1 Å². The number of sulfonamides is 1. The van der Waals surface area contributed by atoms with E-state index >= 15 is 0 Å².